The average Bonchev–Trinajstić information content (AvgIpc) is 2.23. The monoisotopic (exact) mass is 336 g/mol. The van der Waals surface area contributed by atoms with Crippen LogP contribution in [-0.4, -0.2) is 18.2 Å². The minimum absolute atomic E-state index is 0.121. The second-order valence-corrected chi connectivity index (χ2v) is 4.79. The molecule has 0 bridgehead atoms. The summed E-state index contributed by atoms with van der Waals surface area (Å²) in [6, 6.07) is 3.39. The van der Waals surface area contributed by atoms with Gasteiger partial charge in [-0.05, 0) is 56.5 Å². The van der Waals surface area contributed by atoms with Crippen LogP contribution in [0.3, 0.4) is 0 Å². The highest BCUT2D eigenvalue weighted by atomic mass is 79.9. The number of ether oxygens (including phenoxy) is 1. The van der Waals surface area contributed by atoms with Crippen molar-refractivity contribution in [3.63, 3.8) is 0 Å². The lowest BCUT2D eigenvalue weighted by molar-refractivity contribution is -0.141. The Bertz CT molecular complexity index is 367. The van der Waals surface area contributed by atoms with Gasteiger partial charge in [-0.25, -0.2) is 0 Å². The van der Waals surface area contributed by atoms with Crippen molar-refractivity contribution in [3.8, 4) is 5.75 Å². The van der Waals surface area contributed by atoms with E-state index in [9.17, 15) is 9.90 Å². The molecule has 0 amide bonds. The largest absolute Gasteiger partial charge is 0.506 e. The third-order valence-corrected chi connectivity index (χ3v) is 3.30. The fourth-order valence-corrected chi connectivity index (χ4v) is 2.37. The molecule has 1 aromatic rings. The lowest BCUT2D eigenvalue weighted by Crippen LogP contribution is -2.10. The van der Waals surface area contributed by atoms with Crippen LogP contribution >= 0.6 is 31.9 Å². The van der Waals surface area contributed by atoms with Crippen LogP contribution in [0.5, 0.6) is 5.75 Å². The molecule has 0 heterocycles. The van der Waals surface area contributed by atoms with E-state index < -0.39 is 0 Å². The van der Waals surface area contributed by atoms with Crippen molar-refractivity contribution in [1.82, 2.24) is 0 Å². The second kappa shape index (κ2) is 4.99. The molecule has 5 heteroatoms. The SMILES string of the molecule is COC(=O)C(C)c1cc(Br)c(O)c(Br)c1. The highest BCUT2D eigenvalue weighted by Gasteiger charge is 2.18. The van der Waals surface area contributed by atoms with E-state index in [2.05, 4.69) is 36.6 Å². The zero-order chi connectivity index (χ0) is 11.6. The molecule has 0 saturated carbocycles. The van der Waals surface area contributed by atoms with Crippen LogP contribution in [0.25, 0.3) is 0 Å². The second-order valence-electron chi connectivity index (χ2n) is 3.08. The van der Waals surface area contributed by atoms with E-state index in [1.54, 1.807) is 19.1 Å². The van der Waals surface area contributed by atoms with E-state index in [1.165, 1.54) is 7.11 Å². The normalized spacial score (nSPS) is 12.3. The number of rotatable bonds is 2. The molecule has 0 aliphatic rings. The van der Waals surface area contributed by atoms with Gasteiger partial charge in [0, 0.05) is 0 Å². The maximum absolute atomic E-state index is 11.3. The molecule has 15 heavy (non-hydrogen) atoms. The van der Waals surface area contributed by atoms with Gasteiger partial charge in [0.25, 0.3) is 0 Å². The number of carbonyl (C=O) groups is 1. The molecule has 1 aromatic carbocycles. The molecule has 1 atom stereocenters. The molecule has 1 rings (SSSR count). The predicted octanol–water partition coefficient (Wildman–Crippen LogP) is 3.19. The summed E-state index contributed by atoms with van der Waals surface area (Å²) in [6.45, 7) is 1.75. The van der Waals surface area contributed by atoms with E-state index in [1.807, 2.05) is 0 Å². The maximum atomic E-state index is 11.3. The molecule has 0 radical (unpaired) electrons. The summed E-state index contributed by atoms with van der Waals surface area (Å²) in [5, 5.41) is 9.50. The van der Waals surface area contributed by atoms with Gasteiger partial charge in [-0.15, -0.1) is 0 Å². The van der Waals surface area contributed by atoms with Gasteiger partial charge < -0.3 is 9.84 Å². The Morgan fingerprint density at radius 2 is 1.87 bits per heavy atom. The van der Waals surface area contributed by atoms with Gasteiger partial charge in [-0.2, -0.15) is 0 Å². The molecule has 0 spiro atoms. The quantitative estimate of drug-likeness (QED) is 0.843. The van der Waals surface area contributed by atoms with Gasteiger partial charge in [0.2, 0.25) is 0 Å². The molecule has 1 unspecified atom stereocenters. The lowest BCUT2D eigenvalue weighted by atomic mass is 10.0. The summed E-state index contributed by atoms with van der Waals surface area (Å²) in [5.41, 5.74) is 0.776. The summed E-state index contributed by atoms with van der Waals surface area (Å²) in [6.07, 6.45) is 0. The van der Waals surface area contributed by atoms with E-state index >= 15 is 0 Å². The summed E-state index contributed by atoms with van der Waals surface area (Å²) in [7, 11) is 1.35. The third-order valence-electron chi connectivity index (χ3n) is 2.09. The summed E-state index contributed by atoms with van der Waals surface area (Å²) in [4.78, 5) is 11.3. The Balaban J connectivity index is 3.11. The van der Waals surface area contributed by atoms with E-state index in [0.29, 0.717) is 8.95 Å². The third kappa shape index (κ3) is 2.72. The van der Waals surface area contributed by atoms with Gasteiger partial charge in [0.05, 0.1) is 22.0 Å². The Morgan fingerprint density at radius 1 is 1.40 bits per heavy atom. The number of esters is 1. The minimum atomic E-state index is -0.358. The molecule has 0 fully saturated rings. The van der Waals surface area contributed by atoms with Crippen molar-refractivity contribution < 1.29 is 14.6 Å². The van der Waals surface area contributed by atoms with Crippen molar-refractivity contribution in [2.75, 3.05) is 7.11 Å². The van der Waals surface area contributed by atoms with Crippen molar-refractivity contribution in [2.45, 2.75) is 12.8 Å². The fraction of sp³-hybridized carbons (Fsp3) is 0.300. The summed E-state index contributed by atoms with van der Waals surface area (Å²) < 4.78 is 5.73. The van der Waals surface area contributed by atoms with Gasteiger partial charge >= 0.3 is 5.97 Å². The van der Waals surface area contributed by atoms with E-state index in [-0.39, 0.29) is 17.6 Å². The minimum Gasteiger partial charge on any atom is -0.506 e. The van der Waals surface area contributed by atoms with Crippen LogP contribution in [0.15, 0.2) is 21.1 Å². The highest BCUT2D eigenvalue weighted by molar-refractivity contribution is 9.11. The van der Waals surface area contributed by atoms with Gasteiger partial charge in [-0.3, -0.25) is 4.79 Å². The number of aromatic hydroxyl groups is 1. The smallest absolute Gasteiger partial charge is 0.312 e. The summed E-state index contributed by atoms with van der Waals surface area (Å²) in [5.74, 6) is -0.543. The number of benzene rings is 1. The highest BCUT2D eigenvalue weighted by Crippen LogP contribution is 2.35. The van der Waals surface area contributed by atoms with Crippen LogP contribution in [0.4, 0.5) is 0 Å². The Kier molecular flexibility index (Phi) is 4.16. The van der Waals surface area contributed by atoms with Crippen molar-refractivity contribution in [2.24, 2.45) is 0 Å². The number of methoxy groups -OCH3 is 1. The number of phenolic OH excluding ortho intramolecular Hbond substituents is 1. The first-order valence-electron chi connectivity index (χ1n) is 4.23. The summed E-state index contributed by atoms with van der Waals surface area (Å²) >= 11 is 6.41. The molecule has 0 aliphatic heterocycles. The molecule has 0 aromatic heterocycles. The first kappa shape index (κ1) is 12.5. The first-order chi connectivity index (χ1) is 6.97. The zero-order valence-corrected chi connectivity index (χ0v) is 11.4. The average molecular weight is 338 g/mol. The van der Waals surface area contributed by atoms with Gasteiger partial charge in [0.15, 0.2) is 0 Å². The van der Waals surface area contributed by atoms with Crippen molar-refractivity contribution in [3.05, 3.63) is 26.6 Å². The lowest BCUT2D eigenvalue weighted by Gasteiger charge is -2.11. The van der Waals surface area contributed by atoms with Crippen LogP contribution < -0.4 is 0 Å². The molecule has 82 valence electrons. The Morgan fingerprint density at radius 3 is 2.27 bits per heavy atom. The molecule has 0 saturated heterocycles. The van der Waals surface area contributed by atoms with Crippen LogP contribution in [0.2, 0.25) is 0 Å². The van der Waals surface area contributed by atoms with Crippen LogP contribution in [0.1, 0.15) is 18.4 Å². The maximum Gasteiger partial charge on any atom is 0.312 e. The number of hydrogen-bond acceptors (Lipinski definition) is 3. The number of hydrogen-bond donors (Lipinski definition) is 1. The number of phenols is 1. The Labute approximate surface area is 105 Å². The molecule has 0 aliphatic carbocycles. The first-order valence-corrected chi connectivity index (χ1v) is 5.81. The van der Waals surface area contributed by atoms with Crippen LogP contribution in [-0.2, 0) is 9.53 Å². The predicted molar refractivity (Wildman–Crippen MR) is 63.9 cm³/mol. The molecule has 3 nitrogen and oxygen atoms in total. The molecular weight excluding hydrogens is 328 g/mol. The van der Waals surface area contributed by atoms with E-state index in [4.69, 9.17) is 0 Å². The van der Waals surface area contributed by atoms with Crippen LogP contribution in [0, 0.1) is 0 Å². The number of halogens is 2. The van der Waals surface area contributed by atoms with E-state index in [0.717, 1.165) is 5.56 Å². The van der Waals surface area contributed by atoms with Gasteiger partial charge in [0.1, 0.15) is 5.75 Å². The fourth-order valence-electron chi connectivity index (χ4n) is 1.15. The van der Waals surface area contributed by atoms with Crippen molar-refractivity contribution >= 4 is 37.8 Å². The topological polar surface area (TPSA) is 46.5 Å². The van der Waals surface area contributed by atoms with Crippen molar-refractivity contribution in [1.29, 1.82) is 0 Å². The molecular formula is C10H10Br2O3. The molecule has 1 N–H and O–H groups in total. The standard InChI is InChI=1S/C10H10Br2O3/c1-5(10(14)15-2)6-3-7(11)9(13)8(12)4-6/h3-5,13H,1-2H3. The number of carbonyl (C=O) groups excluding carboxylic acids is 1. The zero-order valence-electron chi connectivity index (χ0n) is 8.25. The van der Waals surface area contributed by atoms with Gasteiger partial charge in [-0.1, -0.05) is 0 Å². The Hall–Kier alpha value is -0.550.